The number of likely N-dealkylation sites (N-methyl/N-ethyl adjacent to an activating group) is 1. The molecule has 0 saturated carbocycles. The number of amides is 2. The van der Waals surface area contributed by atoms with Gasteiger partial charge in [-0.05, 0) is 42.4 Å². The second-order valence-corrected chi connectivity index (χ2v) is 6.86. The summed E-state index contributed by atoms with van der Waals surface area (Å²) < 4.78 is 5.16. The molecule has 26 heavy (non-hydrogen) atoms. The van der Waals surface area contributed by atoms with Crippen molar-refractivity contribution in [2.45, 2.75) is 25.6 Å². The van der Waals surface area contributed by atoms with Crippen molar-refractivity contribution in [2.24, 2.45) is 0 Å². The van der Waals surface area contributed by atoms with Crippen molar-refractivity contribution >= 4 is 23.4 Å². The molecule has 2 aromatic rings. The Morgan fingerprint density at radius 1 is 1.08 bits per heavy atom. The number of imide groups is 1. The lowest BCUT2D eigenvalue weighted by molar-refractivity contribution is -0.140. The summed E-state index contributed by atoms with van der Waals surface area (Å²) in [5, 5.41) is 0.630. The van der Waals surface area contributed by atoms with E-state index >= 15 is 0 Å². The summed E-state index contributed by atoms with van der Waals surface area (Å²) in [6.45, 7) is 0.865. The number of likely N-dealkylation sites (tertiary alicyclic amines) is 1. The Kier molecular flexibility index (Phi) is 5.59. The van der Waals surface area contributed by atoms with Crippen LogP contribution < -0.4 is 4.74 Å². The molecule has 2 amide bonds. The van der Waals surface area contributed by atoms with E-state index in [1.807, 2.05) is 48.3 Å². The molecule has 1 fully saturated rings. The number of nitrogens with zero attached hydrogens (tertiary/aromatic N) is 2. The van der Waals surface area contributed by atoms with Gasteiger partial charge in [0.1, 0.15) is 5.75 Å². The van der Waals surface area contributed by atoms with Crippen molar-refractivity contribution in [1.82, 2.24) is 9.80 Å². The zero-order valence-corrected chi connectivity index (χ0v) is 15.6. The number of ether oxygens (including phenoxy) is 1. The molecule has 3 rings (SSSR count). The number of carbonyl (C=O) groups is 2. The number of carbonyl (C=O) groups excluding carboxylic acids is 2. The van der Waals surface area contributed by atoms with Crippen LogP contribution in [-0.2, 0) is 22.7 Å². The number of hydrogen-bond donors (Lipinski definition) is 0. The van der Waals surface area contributed by atoms with Crippen LogP contribution in [0.15, 0.2) is 48.5 Å². The molecule has 6 heteroatoms. The molecule has 0 bridgehead atoms. The minimum Gasteiger partial charge on any atom is -0.497 e. The minimum absolute atomic E-state index is 0.142. The fourth-order valence-corrected chi connectivity index (χ4v) is 3.20. The molecule has 1 saturated heterocycles. The summed E-state index contributed by atoms with van der Waals surface area (Å²) in [5.74, 6) is 0.496. The molecule has 1 heterocycles. The van der Waals surface area contributed by atoms with Crippen molar-refractivity contribution in [3.8, 4) is 5.75 Å². The molecule has 0 aliphatic carbocycles. The number of halogens is 1. The van der Waals surface area contributed by atoms with E-state index in [-0.39, 0.29) is 24.8 Å². The van der Waals surface area contributed by atoms with E-state index in [2.05, 4.69) is 0 Å². The highest BCUT2D eigenvalue weighted by Crippen LogP contribution is 2.23. The molecular weight excluding hydrogens is 352 g/mol. The summed E-state index contributed by atoms with van der Waals surface area (Å²) in [6.07, 6.45) is 0.207. The van der Waals surface area contributed by atoms with E-state index < -0.39 is 6.04 Å². The lowest BCUT2D eigenvalue weighted by Crippen LogP contribution is -2.39. The number of hydrogen-bond acceptors (Lipinski definition) is 4. The van der Waals surface area contributed by atoms with Gasteiger partial charge < -0.3 is 4.74 Å². The Bertz CT molecular complexity index is 790. The van der Waals surface area contributed by atoms with Gasteiger partial charge in [0.15, 0.2) is 0 Å². The smallest absolute Gasteiger partial charge is 0.247 e. The van der Waals surface area contributed by atoms with Gasteiger partial charge in [-0.2, -0.15) is 0 Å². The summed E-state index contributed by atoms with van der Waals surface area (Å²) in [4.78, 5) is 28.3. The highest BCUT2D eigenvalue weighted by molar-refractivity contribution is 6.30. The minimum atomic E-state index is -0.433. The molecule has 2 aromatic carbocycles. The van der Waals surface area contributed by atoms with Crippen LogP contribution in [0, 0.1) is 0 Å². The first kappa shape index (κ1) is 18.4. The van der Waals surface area contributed by atoms with Crippen LogP contribution in [0.1, 0.15) is 17.5 Å². The monoisotopic (exact) mass is 372 g/mol. The molecule has 1 aliphatic heterocycles. The van der Waals surface area contributed by atoms with E-state index in [9.17, 15) is 9.59 Å². The van der Waals surface area contributed by atoms with E-state index in [1.54, 1.807) is 19.2 Å². The molecule has 1 atom stereocenters. The van der Waals surface area contributed by atoms with Gasteiger partial charge in [0, 0.05) is 11.6 Å². The van der Waals surface area contributed by atoms with Gasteiger partial charge in [0.25, 0.3) is 0 Å². The Morgan fingerprint density at radius 3 is 2.31 bits per heavy atom. The number of benzene rings is 2. The van der Waals surface area contributed by atoms with Crippen molar-refractivity contribution in [1.29, 1.82) is 0 Å². The number of rotatable bonds is 6. The maximum atomic E-state index is 12.7. The van der Waals surface area contributed by atoms with Crippen LogP contribution >= 0.6 is 11.6 Å². The Morgan fingerprint density at radius 2 is 1.69 bits per heavy atom. The first-order chi connectivity index (χ1) is 12.5. The van der Waals surface area contributed by atoms with Crippen molar-refractivity contribution in [3.05, 3.63) is 64.7 Å². The van der Waals surface area contributed by atoms with Crippen LogP contribution in [0.3, 0.4) is 0 Å². The highest BCUT2D eigenvalue weighted by Gasteiger charge is 2.40. The Labute approximate surface area is 158 Å². The molecule has 0 aromatic heterocycles. The van der Waals surface area contributed by atoms with Gasteiger partial charge >= 0.3 is 0 Å². The third-order valence-electron chi connectivity index (χ3n) is 4.60. The number of methoxy groups -OCH3 is 1. The van der Waals surface area contributed by atoms with E-state index in [0.29, 0.717) is 11.6 Å². The predicted octanol–water partition coefficient (Wildman–Crippen LogP) is 3.11. The van der Waals surface area contributed by atoms with Gasteiger partial charge in [-0.1, -0.05) is 35.9 Å². The Hall–Kier alpha value is -2.37. The molecular formula is C20H21ClN2O3. The predicted molar refractivity (Wildman–Crippen MR) is 99.9 cm³/mol. The lowest BCUT2D eigenvalue weighted by Gasteiger charge is -2.23. The maximum absolute atomic E-state index is 12.7. The SMILES string of the molecule is COc1ccc(CN(C)C2CC(=O)N(Cc3ccc(Cl)cc3)C2=O)cc1. The highest BCUT2D eigenvalue weighted by atomic mass is 35.5. The zero-order valence-electron chi connectivity index (χ0n) is 14.8. The fourth-order valence-electron chi connectivity index (χ4n) is 3.08. The van der Waals surface area contributed by atoms with Crippen LogP contribution in [-0.4, -0.2) is 41.8 Å². The van der Waals surface area contributed by atoms with Gasteiger partial charge in [0.2, 0.25) is 11.8 Å². The van der Waals surface area contributed by atoms with E-state index in [0.717, 1.165) is 16.9 Å². The summed E-state index contributed by atoms with van der Waals surface area (Å²) in [6, 6.07) is 14.4. The van der Waals surface area contributed by atoms with Crippen molar-refractivity contribution in [3.63, 3.8) is 0 Å². The standard InChI is InChI=1S/C20H21ClN2O3/c1-22(12-14-5-9-17(26-2)10-6-14)18-11-19(24)23(20(18)25)13-15-3-7-16(21)8-4-15/h3-10,18H,11-13H2,1-2H3. The third kappa shape index (κ3) is 4.06. The molecule has 136 valence electrons. The first-order valence-electron chi connectivity index (χ1n) is 8.40. The average Bonchev–Trinajstić information content (AvgIpc) is 2.92. The molecule has 0 spiro atoms. The van der Waals surface area contributed by atoms with Crippen LogP contribution in [0.4, 0.5) is 0 Å². The van der Waals surface area contributed by atoms with Gasteiger partial charge in [0.05, 0.1) is 26.1 Å². The van der Waals surface area contributed by atoms with Crippen molar-refractivity contribution < 1.29 is 14.3 Å². The molecule has 5 nitrogen and oxygen atoms in total. The normalized spacial score (nSPS) is 17.2. The first-order valence-corrected chi connectivity index (χ1v) is 8.77. The Balaban J connectivity index is 1.65. The van der Waals surface area contributed by atoms with Crippen LogP contribution in [0.5, 0.6) is 5.75 Å². The largest absolute Gasteiger partial charge is 0.497 e. The fraction of sp³-hybridized carbons (Fsp3) is 0.300. The summed E-state index contributed by atoms with van der Waals surface area (Å²) in [7, 11) is 3.49. The summed E-state index contributed by atoms with van der Waals surface area (Å²) in [5.41, 5.74) is 1.94. The molecule has 0 N–H and O–H groups in total. The maximum Gasteiger partial charge on any atom is 0.247 e. The van der Waals surface area contributed by atoms with Crippen LogP contribution in [0.25, 0.3) is 0 Å². The van der Waals surface area contributed by atoms with Crippen molar-refractivity contribution in [2.75, 3.05) is 14.2 Å². The van der Waals surface area contributed by atoms with Gasteiger partial charge in [-0.25, -0.2) is 0 Å². The van der Waals surface area contributed by atoms with E-state index in [4.69, 9.17) is 16.3 Å². The zero-order chi connectivity index (χ0) is 18.7. The second kappa shape index (κ2) is 7.89. The average molecular weight is 373 g/mol. The van der Waals surface area contributed by atoms with Gasteiger partial charge in [-0.3, -0.25) is 19.4 Å². The van der Waals surface area contributed by atoms with E-state index in [1.165, 1.54) is 4.90 Å². The van der Waals surface area contributed by atoms with Crippen LogP contribution in [0.2, 0.25) is 5.02 Å². The second-order valence-electron chi connectivity index (χ2n) is 6.43. The lowest BCUT2D eigenvalue weighted by atomic mass is 10.1. The topological polar surface area (TPSA) is 49.9 Å². The summed E-state index contributed by atoms with van der Waals surface area (Å²) >= 11 is 5.88. The molecule has 1 aliphatic rings. The quantitative estimate of drug-likeness (QED) is 0.731. The molecule has 1 unspecified atom stereocenters. The third-order valence-corrected chi connectivity index (χ3v) is 4.85. The van der Waals surface area contributed by atoms with Gasteiger partial charge in [-0.15, -0.1) is 0 Å². The molecule has 0 radical (unpaired) electrons.